The number of rotatable bonds is 5. The van der Waals surface area contributed by atoms with Crippen LogP contribution in [0, 0.1) is 0 Å². The van der Waals surface area contributed by atoms with E-state index in [1.54, 1.807) is 23.2 Å². The Kier molecular flexibility index (Phi) is 6.41. The van der Waals surface area contributed by atoms with Crippen molar-refractivity contribution in [2.24, 2.45) is 0 Å². The Labute approximate surface area is 198 Å². The number of aromatic nitrogens is 1. The molecule has 0 aliphatic carbocycles. The van der Waals surface area contributed by atoms with Crippen LogP contribution in [0.15, 0.2) is 82.8 Å². The zero-order valence-electron chi connectivity index (χ0n) is 18.3. The van der Waals surface area contributed by atoms with E-state index in [1.807, 2.05) is 30.3 Å². The number of amides is 2. The van der Waals surface area contributed by atoms with Crippen molar-refractivity contribution < 1.29 is 9.59 Å². The first-order valence-electron chi connectivity index (χ1n) is 11.3. The summed E-state index contributed by atoms with van der Waals surface area (Å²) in [5, 5.41) is 3.83. The molecular weight excluding hydrogens is 432 g/mol. The second-order valence-electron chi connectivity index (χ2n) is 8.42. The Hall–Kier alpha value is -3.16. The largest absolute Gasteiger partial charge is 0.352 e. The van der Waals surface area contributed by atoms with Crippen LogP contribution in [0.1, 0.15) is 28.8 Å². The van der Waals surface area contributed by atoms with E-state index in [0.29, 0.717) is 10.6 Å². The van der Waals surface area contributed by atoms with Crippen molar-refractivity contribution in [3.05, 3.63) is 84.1 Å². The lowest BCUT2D eigenvalue weighted by molar-refractivity contribution is -0.120. The molecule has 3 heterocycles. The molecule has 2 aromatic carbocycles. The summed E-state index contributed by atoms with van der Waals surface area (Å²) >= 11 is 1.46. The summed E-state index contributed by atoms with van der Waals surface area (Å²) in [6.07, 6.45) is 3.51. The van der Waals surface area contributed by atoms with Crippen LogP contribution in [0.25, 0.3) is 0 Å². The first kappa shape index (κ1) is 21.7. The van der Waals surface area contributed by atoms with Gasteiger partial charge < -0.3 is 5.32 Å². The number of likely N-dealkylation sites (tertiary alicyclic amines) is 1. The molecule has 0 radical (unpaired) electrons. The highest BCUT2D eigenvalue weighted by molar-refractivity contribution is 7.99. The molecule has 5 rings (SSSR count). The summed E-state index contributed by atoms with van der Waals surface area (Å²) in [5.41, 5.74) is 2.59. The van der Waals surface area contributed by atoms with Crippen molar-refractivity contribution >= 4 is 29.3 Å². The molecule has 3 aromatic rings. The van der Waals surface area contributed by atoms with Gasteiger partial charge in [0.1, 0.15) is 11.6 Å². The molecule has 33 heavy (non-hydrogen) atoms. The van der Waals surface area contributed by atoms with Gasteiger partial charge in [-0.25, -0.2) is 4.98 Å². The van der Waals surface area contributed by atoms with E-state index >= 15 is 0 Å². The van der Waals surface area contributed by atoms with Crippen molar-refractivity contribution in [3.8, 4) is 0 Å². The normalized spacial score (nSPS) is 16.6. The van der Waals surface area contributed by atoms with Gasteiger partial charge in [-0.1, -0.05) is 54.2 Å². The average molecular weight is 459 g/mol. The summed E-state index contributed by atoms with van der Waals surface area (Å²) in [7, 11) is 0. The minimum atomic E-state index is -0.191. The summed E-state index contributed by atoms with van der Waals surface area (Å²) < 4.78 is 0. The lowest BCUT2D eigenvalue weighted by Crippen LogP contribution is -2.48. The number of nitrogens with zero attached hydrogens (tertiary/aromatic N) is 3. The molecule has 1 N–H and O–H groups in total. The van der Waals surface area contributed by atoms with Crippen LogP contribution in [0.2, 0.25) is 0 Å². The summed E-state index contributed by atoms with van der Waals surface area (Å²) in [5.74, 6) is -0.319. The summed E-state index contributed by atoms with van der Waals surface area (Å²) in [4.78, 5) is 35.6. The molecule has 6 nitrogen and oxygen atoms in total. The molecule has 2 amide bonds. The van der Waals surface area contributed by atoms with Crippen molar-refractivity contribution in [2.45, 2.75) is 35.3 Å². The topological polar surface area (TPSA) is 65.5 Å². The predicted octanol–water partition coefficient (Wildman–Crippen LogP) is 3.97. The van der Waals surface area contributed by atoms with Gasteiger partial charge in [0.15, 0.2) is 0 Å². The number of para-hydroxylation sites is 1. The van der Waals surface area contributed by atoms with Gasteiger partial charge in [-0.05, 0) is 42.7 Å². The number of carbonyl (C=O) groups is 2. The fourth-order valence-corrected chi connectivity index (χ4v) is 5.43. The molecular formula is C26H26N4O2S. The van der Waals surface area contributed by atoms with Crippen molar-refractivity contribution in [1.29, 1.82) is 0 Å². The van der Waals surface area contributed by atoms with Crippen LogP contribution < -0.4 is 10.2 Å². The van der Waals surface area contributed by atoms with Gasteiger partial charge in [-0.3, -0.25) is 19.4 Å². The third-order valence-electron chi connectivity index (χ3n) is 6.11. The number of fused-ring (bicyclic) bond motifs is 2. The maximum atomic E-state index is 13.3. The number of piperidine rings is 1. The lowest BCUT2D eigenvalue weighted by Gasteiger charge is -2.33. The van der Waals surface area contributed by atoms with Crippen molar-refractivity contribution in [3.63, 3.8) is 0 Å². The number of hydrogen-bond donors (Lipinski definition) is 1. The fourth-order valence-electron chi connectivity index (χ4n) is 4.41. The van der Waals surface area contributed by atoms with Gasteiger partial charge in [0.05, 0.1) is 11.3 Å². The monoisotopic (exact) mass is 458 g/mol. The van der Waals surface area contributed by atoms with Gasteiger partial charge in [-0.15, -0.1) is 0 Å². The lowest BCUT2D eigenvalue weighted by atomic mass is 10.0. The molecule has 0 atom stereocenters. The number of benzene rings is 2. The molecule has 168 valence electrons. The molecule has 1 saturated heterocycles. The second-order valence-corrected chi connectivity index (χ2v) is 9.45. The first-order valence-corrected chi connectivity index (χ1v) is 12.1. The van der Waals surface area contributed by atoms with Crippen LogP contribution in [0.5, 0.6) is 0 Å². The van der Waals surface area contributed by atoms with Gasteiger partial charge in [0, 0.05) is 36.8 Å². The van der Waals surface area contributed by atoms with Crippen LogP contribution in [0.3, 0.4) is 0 Å². The zero-order chi connectivity index (χ0) is 22.6. The van der Waals surface area contributed by atoms with Crippen LogP contribution in [-0.2, 0) is 11.3 Å². The Bertz CT molecular complexity index is 1150. The van der Waals surface area contributed by atoms with Gasteiger partial charge >= 0.3 is 0 Å². The minimum absolute atomic E-state index is 0.00499. The molecule has 1 aromatic heterocycles. The standard InChI is InChI=1S/C26H26N4O2S/c31-24(28-20-12-15-29(16-13-20)17-19-7-2-1-3-8-19)18-30-22-10-4-5-11-23(22)33-25-21(26(30)32)9-6-14-27-25/h1-11,14,20H,12-13,15-18H2,(H,28,31). The van der Waals surface area contributed by atoms with E-state index in [2.05, 4.69) is 39.5 Å². The van der Waals surface area contributed by atoms with E-state index < -0.39 is 0 Å². The number of carbonyl (C=O) groups excluding carboxylic acids is 2. The molecule has 1 fully saturated rings. The molecule has 0 saturated carbocycles. The van der Waals surface area contributed by atoms with E-state index in [4.69, 9.17) is 0 Å². The SMILES string of the molecule is O=C(CN1C(=O)c2cccnc2Sc2ccccc21)NC1CCN(Cc2ccccc2)CC1. The molecule has 2 aliphatic rings. The highest BCUT2D eigenvalue weighted by Crippen LogP contribution is 2.39. The summed E-state index contributed by atoms with van der Waals surface area (Å²) in [6.45, 7) is 2.82. The highest BCUT2D eigenvalue weighted by atomic mass is 32.2. The Morgan fingerprint density at radius 1 is 1.00 bits per heavy atom. The predicted molar refractivity (Wildman–Crippen MR) is 129 cm³/mol. The van der Waals surface area contributed by atoms with Gasteiger partial charge in [0.2, 0.25) is 5.91 Å². The third kappa shape index (κ3) is 4.94. The summed E-state index contributed by atoms with van der Waals surface area (Å²) in [6, 6.07) is 21.8. The third-order valence-corrected chi connectivity index (χ3v) is 7.20. The quantitative estimate of drug-likeness (QED) is 0.627. The maximum Gasteiger partial charge on any atom is 0.261 e. The maximum absolute atomic E-state index is 13.3. The zero-order valence-corrected chi connectivity index (χ0v) is 19.1. The van der Waals surface area contributed by atoms with E-state index in [0.717, 1.165) is 43.1 Å². The Balaban J connectivity index is 1.23. The van der Waals surface area contributed by atoms with E-state index in [-0.39, 0.29) is 24.4 Å². The highest BCUT2D eigenvalue weighted by Gasteiger charge is 2.30. The Morgan fingerprint density at radius 3 is 2.58 bits per heavy atom. The Morgan fingerprint density at radius 2 is 1.76 bits per heavy atom. The van der Waals surface area contributed by atoms with E-state index in [1.165, 1.54) is 17.3 Å². The number of nitrogens with one attached hydrogen (secondary N) is 1. The van der Waals surface area contributed by atoms with Crippen LogP contribution in [0.4, 0.5) is 5.69 Å². The fraction of sp³-hybridized carbons (Fsp3) is 0.269. The number of pyridine rings is 1. The molecule has 7 heteroatoms. The van der Waals surface area contributed by atoms with Crippen LogP contribution in [-0.4, -0.2) is 47.4 Å². The number of anilines is 1. The molecule has 0 unspecified atom stereocenters. The van der Waals surface area contributed by atoms with Crippen molar-refractivity contribution in [1.82, 2.24) is 15.2 Å². The smallest absolute Gasteiger partial charge is 0.261 e. The van der Waals surface area contributed by atoms with Crippen molar-refractivity contribution in [2.75, 3.05) is 24.5 Å². The second kappa shape index (κ2) is 9.77. The van der Waals surface area contributed by atoms with Gasteiger partial charge in [-0.2, -0.15) is 0 Å². The van der Waals surface area contributed by atoms with Gasteiger partial charge in [0.25, 0.3) is 5.91 Å². The average Bonchev–Trinajstić information content (AvgIpc) is 2.96. The van der Waals surface area contributed by atoms with Crippen LogP contribution >= 0.6 is 11.8 Å². The first-order chi connectivity index (χ1) is 16.2. The molecule has 0 spiro atoms. The molecule has 2 aliphatic heterocycles. The number of hydrogen-bond acceptors (Lipinski definition) is 5. The molecule has 0 bridgehead atoms. The van der Waals surface area contributed by atoms with E-state index in [9.17, 15) is 9.59 Å². The minimum Gasteiger partial charge on any atom is -0.352 e.